The molecule has 1 aromatic carbocycles. The van der Waals surface area contributed by atoms with E-state index in [9.17, 15) is 4.39 Å². The Morgan fingerprint density at radius 1 is 1.13 bits per heavy atom. The first-order valence-electron chi connectivity index (χ1n) is 4.57. The highest BCUT2D eigenvalue weighted by atomic mass is 79.9. The van der Waals surface area contributed by atoms with Crippen LogP contribution in [0.15, 0.2) is 42.5 Å². The molecular formula is C12H9BrFN. The van der Waals surface area contributed by atoms with Gasteiger partial charge in [-0.2, -0.15) is 0 Å². The van der Waals surface area contributed by atoms with Crippen LogP contribution in [-0.2, 0) is 5.33 Å². The number of benzene rings is 1. The number of pyridine rings is 1. The lowest BCUT2D eigenvalue weighted by Gasteiger charge is -2.03. The molecular weight excluding hydrogens is 257 g/mol. The third kappa shape index (κ3) is 2.42. The SMILES string of the molecule is Fc1cc(CBr)nc(-c2ccccc2)c1. The number of nitrogens with zero attached hydrogens (tertiary/aromatic N) is 1. The molecule has 76 valence electrons. The van der Waals surface area contributed by atoms with Crippen LogP contribution in [0.3, 0.4) is 0 Å². The molecule has 0 saturated heterocycles. The Hall–Kier alpha value is -1.22. The van der Waals surface area contributed by atoms with Crippen molar-refractivity contribution >= 4 is 15.9 Å². The Morgan fingerprint density at radius 2 is 1.87 bits per heavy atom. The Kier molecular flexibility index (Phi) is 3.11. The Labute approximate surface area is 96.1 Å². The maximum atomic E-state index is 13.2. The molecule has 0 saturated carbocycles. The summed E-state index contributed by atoms with van der Waals surface area (Å²) in [5, 5.41) is 0.560. The van der Waals surface area contributed by atoms with Crippen LogP contribution in [0.5, 0.6) is 0 Å². The lowest BCUT2D eigenvalue weighted by Crippen LogP contribution is -1.91. The van der Waals surface area contributed by atoms with Gasteiger partial charge in [-0.3, -0.25) is 4.98 Å². The summed E-state index contributed by atoms with van der Waals surface area (Å²) in [6.45, 7) is 0. The normalized spacial score (nSPS) is 10.3. The van der Waals surface area contributed by atoms with Crippen molar-refractivity contribution in [3.05, 3.63) is 54.0 Å². The summed E-state index contributed by atoms with van der Waals surface area (Å²) in [5.41, 5.74) is 2.30. The topological polar surface area (TPSA) is 12.9 Å². The molecule has 2 aromatic rings. The zero-order valence-electron chi connectivity index (χ0n) is 7.95. The molecule has 0 spiro atoms. The molecule has 1 aromatic heterocycles. The first-order chi connectivity index (χ1) is 7.29. The minimum atomic E-state index is -0.252. The van der Waals surface area contributed by atoms with Gasteiger partial charge in [-0.05, 0) is 6.07 Å². The van der Waals surface area contributed by atoms with Crippen LogP contribution < -0.4 is 0 Å². The lowest BCUT2D eigenvalue weighted by molar-refractivity contribution is 0.624. The Bertz CT molecular complexity index is 456. The lowest BCUT2D eigenvalue weighted by atomic mass is 10.1. The van der Waals surface area contributed by atoms with Gasteiger partial charge in [0.15, 0.2) is 0 Å². The van der Waals surface area contributed by atoms with Crippen LogP contribution >= 0.6 is 15.9 Å². The maximum Gasteiger partial charge on any atom is 0.127 e. The number of aromatic nitrogens is 1. The van der Waals surface area contributed by atoms with E-state index in [0.717, 1.165) is 5.56 Å². The molecule has 0 N–H and O–H groups in total. The standard InChI is InChI=1S/C12H9BrFN/c13-8-11-6-10(14)7-12(15-11)9-4-2-1-3-5-9/h1-7H,8H2. The summed E-state index contributed by atoms with van der Waals surface area (Å²) in [6, 6.07) is 12.5. The second kappa shape index (κ2) is 4.53. The quantitative estimate of drug-likeness (QED) is 0.754. The molecule has 0 aliphatic carbocycles. The van der Waals surface area contributed by atoms with Crippen LogP contribution in [0, 0.1) is 5.82 Å². The van der Waals surface area contributed by atoms with Gasteiger partial charge < -0.3 is 0 Å². The van der Waals surface area contributed by atoms with Crippen LogP contribution in [0.25, 0.3) is 11.3 Å². The number of halogens is 2. The van der Waals surface area contributed by atoms with Crippen LogP contribution in [0.2, 0.25) is 0 Å². The fourth-order valence-corrected chi connectivity index (χ4v) is 1.66. The van der Waals surface area contributed by atoms with Gasteiger partial charge in [0.2, 0.25) is 0 Å². The number of hydrogen-bond acceptors (Lipinski definition) is 1. The van der Waals surface area contributed by atoms with Crippen LogP contribution in [0.1, 0.15) is 5.69 Å². The molecule has 0 atom stereocenters. The van der Waals surface area contributed by atoms with Crippen molar-refractivity contribution in [2.75, 3.05) is 0 Å². The summed E-state index contributed by atoms with van der Waals surface area (Å²) in [4.78, 5) is 4.34. The van der Waals surface area contributed by atoms with Gasteiger partial charge in [0.25, 0.3) is 0 Å². The van der Waals surface area contributed by atoms with Crippen molar-refractivity contribution in [1.29, 1.82) is 0 Å². The number of rotatable bonds is 2. The number of alkyl halides is 1. The zero-order chi connectivity index (χ0) is 10.7. The van der Waals surface area contributed by atoms with Crippen molar-refractivity contribution in [1.82, 2.24) is 4.98 Å². The van der Waals surface area contributed by atoms with Crippen molar-refractivity contribution in [2.45, 2.75) is 5.33 Å². The second-order valence-electron chi connectivity index (χ2n) is 3.16. The molecule has 0 fully saturated rings. The third-order valence-corrected chi connectivity index (χ3v) is 2.62. The molecule has 0 radical (unpaired) electrons. The third-order valence-electron chi connectivity index (χ3n) is 2.05. The van der Waals surface area contributed by atoms with E-state index in [2.05, 4.69) is 20.9 Å². The molecule has 15 heavy (non-hydrogen) atoms. The van der Waals surface area contributed by atoms with Crippen molar-refractivity contribution in [3.63, 3.8) is 0 Å². The molecule has 0 aliphatic heterocycles. The van der Waals surface area contributed by atoms with E-state index < -0.39 is 0 Å². The summed E-state index contributed by atoms with van der Waals surface area (Å²) in [6.07, 6.45) is 0. The van der Waals surface area contributed by atoms with Crippen molar-refractivity contribution < 1.29 is 4.39 Å². The van der Waals surface area contributed by atoms with Gasteiger partial charge in [-0.1, -0.05) is 46.3 Å². The van der Waals surface area contributed by atoms with Gasteiger partial charge in [0.1, 0.15) is 5.82 Å². The van der Waals surface area contributed by atoms with Crippen molar-refractivity contribution in [2.24, 2.45) is 0 Å². The minimum Gasteiger partial charge on any atom is -0.252 e. The van der Waals surface area contributed by atoms with Gasteiger partial charge >= 0.3 is 0 Å². The Balaban J connectivity index is 2.49. The van der Waals surface area contributed by atoms with Crippen LogP contribution in [-0.4, -0.2) is 4.98 Å². The van der Waals surface area contributed by atoms with E-state index in [-0.39, 0.29) is 5.82 Å². The second-order valence-corrected chi connectivity index (χ2v) is 3.72. The largest absolute Gasteiger partial charge is 0.252 e. The average Bonchev–Trinajstić information content (AvgIpc) is 2.29. The van der Waals surface area contributed by atoms with E-state index in [4.69, 9.17) is 0 Å². The molecule has 1 heterocycles. The fraction of sp³-hybridized carbons (Fsp3) is 0.0833. The van der Waals surface area contributed by atoms with E-state index >= 15 is 0 Å². The predicted molar refractivity (Wildman–Crippen MR) is 62.3 cm³/mol. The molecule has 0 amide bonds. The van der Waals surface area contributed by atoms with Gasteiger partial charge in [0, 0.05) is 17.0 Å². The van der Waals surface area contributed by atoms with Crippen LogP contribution in [0.4, 0.5) is 4.39 Å². The first-order valence-corrected chi connectivity index (χ1v) is 5.69. The van der Waals surface area contributed by atoms with Crippen molar-refractivity contribution in [3.8, 4) is 11.3 Å². The van der Waals surface area contributed by atoms with E-state index in [1.807, 2.05) is 30.3 Å². The maximum absolute atomic E-state index is 13.2. The Morgan fingerprint density at radius 3 is 2.53 bits per heavy atom. The summed E-state index contributed by atoms with van der Waals surface area (Å²) < 4.78 is 13.2. The molecule has 3 heteroatoms. The summed E-state index contributed by atoms with van der Waals surface area (Å²) in [7, 11) is 0. The summed E-state index contributed by atoms with van der Waals surface area (Å²) in [5.74, 6) is -0.252. The molecule has 0 unspecified atom stereocenters. The summed E-state index contributed by atoms with van der Waals surface area (Å²) >= 11 is 3.27. The predicted octanol–water partition coefficient (Wildman–Crippen LogP) is 3.78. The highest BCUT2D eigenvalue weighted by Gasteiger charge is 2.03. The molecule has 2 rings (SSSR count). The van der Waals surface area contributed by atoms with Gasteiger partial charge in [0.05, 0.1) is 11.4 Å². The number of hydrogen-bond donors (Lipinski definition) is 0. The first kappa shape index (κ1) is 10.3. The minimum absolute atomic E-state index is 0.252. The highest BCUT2D eigenvalue weighted by Crippen LogP contribution is 2.19. The monoisotopic (exact) mass is 265 g/mol. The molecule has 1 nitrogen and oxygen atoms in total. The average molecular weight is 266 g/mol. The molecule has 0 bridgehead atoms. The smallest absolute Gasteiger partial charge is 0.127 e. The molecule has 0 aliphatic rings. The van der Waals surface area contributed by atoms with Gasteiger partial charge in [-0.15, -0.1) is 0 Å². The zero-order valence-corrected chi connectivity index (χ0v) is 9.54. The van der Waals surface area contributed by atoms with E-state index in [0.29, 0.717) is 16.7 Å². The van der Waals surface area contributed by atoms with E-state index in [1.165, 1.54) is 12.1 Å². The van der Waals surface area contributed by atoms with Gasteiger partial charge in [-0.25, -0.2) is 4.39 Å². The fourth-order valence-electron chi connectivity index (χ4n) is 1.38. The van der Waals surface area contributed by atoms with E-state index in [1.54, 1.807) is 0 Å². The highest BCUT2D eigenvalue weighted by molar-refractivity contribution is 9.08.